The molecule has 0 radical (unpaired) electrons. The highest BCUT2D eigenvalue weighted by atomic mass is 32.2. The van der Waals surface area contributed by atoms with Gasteiger partial charge in [0.25, 0.3) is 0 Å². The molecule has 0 spiro atoms. The Balaban J connectivity index is 2.21. The van der Waals surface area contributed by atoms with E-state index in [2.05, 4.69) is 15.9 Å². The summed E-state index contributed by atoms with van der Waals surface area (Å²) in [6.45, 7) is 2.26. The third kappa shape index (κ3) is 5.78. The first-order chi connectivity index (χ1) is 11.5. The molecule has 0 fully saturated rings. The number of carbonyl (C=O) groups excluding carboxylic acids is 1. The molecule has 1 amide bonds. The van der Waals surface area contributed by atoms with Gasteiger partial charge in [-0.05, 0) is 74.8 Å². The van der Waals surface area contributed by atoms with Gasteiger partial charge in [0.05, 0.1) is 0 Å². The molecule has 2 aromatic rings. The molecule has 0 aliphatic rings. The Hall–Kier alpha value is -1.63. The van der Waals surface area contributed by atoms with Gasteiger partial charge >= 0.3 is 0 Å². The predicted octanol–water partition coefficient (Wildman–Crippen LogP) is 4.41. The van der Waals surface area contributed by atoms with E-state index in [4.69, 9.17) is 4.74 Å². The van der Waals surface area contributed by atoms with Crippen LogP contribution in [0.4, 0.5) is 0 Å². The number of ether oxygens (including phenoxy) is 1. The van der Waals surface area contributed by atoms with Crippen molar-refractivity contribution >= 4 is 29.6 Å². The molecule has 2 rings (SSSR count). The SMILES string of the molecule is CSc1ccc(Oc2ccc(SNC(C)=O)cc2CN(C)C)cc1. The molecular weight excluding hydrogens is 340 g/mol. The molecule has 1 N–H and O–H groups in total. The Morgan fingerprint density at radius 1 is 1.12 bits per heavy atom. The van der Waals surface area contributed by atoms with Crippen molar-refractivity contribution in [1.82, 2.24) is 9.62 Å². The minimum atomic E-state index is -0.0663. The number of carbonyl (C=O) groups is 1. The average molecular weight is 363 g/mol. The van der Waals surface area contributed by atoms with E-state index in [1.807, 2.05) is 56.6 Å². The van der Waals surface area contributed by atoms with Crippen LogP contribution in [-0.2, 0) is 11.3 Å². The first-order valence-corrected chi connectivity index (χ1v) is 9.55. The van der Waals surface area contributed by atoms with Crippen LogP contribution in [0.2, 0.25) is 0 Å². The fourth-order valence-corrected chi connectivity index (χ4v) is 3.09. The maximum absolute atomic E-state index is 11.1. The monoisotopic (exact) mass is 362 g/mol. The molecule has 24 heavy (non-hydrogen) atoms. The molecule has 0 aliphatic heterocycles. The molecule has 128 valence electrons. The van der Waals surface area contributed by atoms with Crippen LogP contribution in [0.15, 0.2) is 52.3 Å². The zero-order chi connectivity index (χ0) is 17.5. The lowest BCUT2D eigenvalue weighted by molar-refractivity contribution is -0.117. The molecule has 6 heteroatoms. The summed E-state index contributed by atoms with van der Waals surface area (Å²) >= 11 is 3.02. The zero-order valence-corrected chi connectivity index (χ0v) is 16.0. The molecule has 0 saturated carbocycles. The maximum atomic E-state index is 11.1. The normalized spacial score (nSPS) is 10.7. The highest BCUT2D eigenvalue weighted by molar-refractivity contribution is 7.98. The number of hydrogen-bond acceptors (Lipinski definition) is 5. The van der Waals surface area contributed by atoms with Crippen molar-refractivity contribution in [3.63, 3.8) is 0 Å². The van der Waals surface area contributed by atoms with Crippen molar-refractivity contribution in [2.24, 2.45) is 0 Å². The van der Waals surface area contributed by atoms with E-state index in [-0.39, 0.29) is 5.91 Å². The fraction of sp³-hybridized carbons (Fsp3) is 0.278. The van der Waals surface area contributed by atoms with Crippen molar-refractivity contribution in [3.05, 3.63) is 48.0 Å². The highest BCUT2D eigenvalue weighted by Gasteiger charge is 2.09. The molecule has 2 aromatic carbocycles. The molecule has 0 aromatic heterocycles. The second-order valence-corrected chi connectivity index (χ2v) is 7.30. The number of thioether (sulfide) groups is 1. The van der Waals surface area contributed by atoms with Crippen molar-refractivity contribution in [1.29, 1.82) is 0 Å². The minimum absolute atomic E-state index is 0.0663. The van der Waals surface area contributed by atoms with Crippen LogP contribution in [-0.4, -0.2) is 31.2 Å². The summed E-state index contributed by atoms with van der Waals surface area (Å²) in [6.07, 6.45) is 2.05. The number of benzene rings is 2. The number of nitrogens with zero attached hydrogens (tertiary/aromatic N) is 1. The molecular formula is C18H22N2O2S2. The molecule has 0 bridgehead atoms. The van der Waals surface area contributed by atoms with Crippen molar-refractivity contribution in [2.75, 3.05) is 20.4 Å². The quantitative estimate of drug-likeness (QED) is 0.584. The summed E-state index contributed by atoms with van der Waals surface area (Å²) in [4.78, 5) is 15.3. The van der Waals surface area contributed by atoms with Crippen LogP contribution in [0.25, 0.3) is 0 Å². The largest absolute Gasteiger partial charge is 0.457 e. The molecule has 4 nitrogen and oxygen atoms in total. The van der Waals surface area contributed by atoms with Gasteiger partial charge in [-0.1, -0.05) is 0 Å². The lowest BCUT2D eigenvalue weighted by Gasteiger charge is -2.16. The van der Waals surface area contributed by atoms with Gasteiger partial charge < -0.3 is 9.64 Å². The fourth-order valence-electron chi connectivity index (χ4n) is 2.08. The van der Waals surface area contributed by atoms with Crippen molar-refractivity contribution in [2.45, 2.75) is 23.3 Å². The first-order valence-electron chi connectivity index (χ1n) is 7.51. The van der Waals surface area contributed by atoms with Gasteiger partial charge in [0, 0.05) is 28.8 Å². The van der Waals surface area contributed by atoms with Gasteiger partial charge in [-0.2, -0.15) is 0 Å². The van der Waals surface area contributed by atoms with E-state index in [1.165, 1.54) is 23.8 Å². The van der Waals surface area contributed by atoms with Crippen LogP contribution < -0.4 is 9.46 Å². The smallest absolute Gasteiger partial charge is 0.226 e. The Morgan fingerprint density at radius 2 is 1.79 bits per heavy atom. The van der Waals surface area contributed by atoms with E-state index in [9.17, 15) is 4.79 Å². The lowest BCUT2D eigenvalue weighted by atomic mass is 10.2. The Bertz CT molecular complexity index is 688. The number of nitrogens with one attached hydrogen (secondary N) is 1. The van der Waals surface area contributed by atoms with Gasteiger partial charge in [-0.3, -0.25) is 9.52 Å². The topological polar surface area (TPSA) is 41.6 Å². The standard InChI is InChI=1S/C18H22N2O2S2/c1-13(21)19-24-17-9-10-18(14(11-17)12-20(2)3)22-15-5-7-16(23-4)8-6-15/h5-11H,12H2,1-4H3,(H,19,21). The third-order valence-electron chi connectivity index (χ3n) is 3.12. The Labute approximate surface area is 152 Å². The predicted molar refractivity (Wildman–Crippen MR) is 102 cm³/mol. The van der Waals surface area contributed by atoms with Gasteiger partial charge in [-0.15, -0.1) is 11.8 Å². The summed E-state index contributed by atoms with van der Waals surface area (Å²) in [5.41, 5.74) is 1.07. The van der Waals surface area contributed by atoms with E-state index in [0.29, 0.717) is 0 Å². The van der Waals surface area contributed by atoms with E-state index < -0.39 is 0 Å². The molecule has 0 atom stereocenters. The summed E-state index contributed by atoms with van der Waals surface area (Å²) in [5.74, 6) is 1.58. The average Bonchev–Trinajstić information content (AvgIpc) is 2.55. The van der Waals surface area contributed by atoms with Gasteiger partial charge in [0.1, 0.15) is 11.5 Å². The minimum Gasteiger partial charge on any atom is -0.457 e. The van der Waals surface area contributed by atoms with Crippen LogP contribution >= 0.6 is 23.7 Å². The second kappa shape index (κ2) is 9.01. The van der Waals surface area contributed by atoms with E-state index in [0.717, 1.165) is 28.5 Å². The van der Waals surface area contributed by atoms with Gasteiger partial charge in [-0.25, -0.2) is 0 Å². The van der Waals surface area contributed by atoms with E-state index in [1.54, 1.807) is 11.8 Å². The summed E-state index contributed by atoms with van der Waals surface area (Å²) in [6, 6.07) is 14.0. The van der Waals surface area contributed by atoms with Crippen LogP contribution in [0.1, 0.15) is 12.5 Å². The zero-order valence-electron chi connectivity index (χ0n) is 14.3. The molecule has 0 unspecified atom stereocenters. The first kappa shape index (κ1) is 18.7. The van der Waals surface area contributed by atoms with Gasteiger partial charge in [0.15, 0.2) is 0 Å². The molecule has 0 aliphatic carbocycles. The van der Waals surface area contributed by atoms with E-state index >= 15 is 0 Å². The molecule has 0 saturated heterocycles. The molecule has 0 heterocycles. The number of rotatable bonds is 7. The van der Waals surface area contributed by atoms with Crippen LogP contribution in [0, 0.1) is 0 Å². The Morgan fingerprint density at radius 3 is 2.38 bits per heavy atom. The lowest BCUT2D eigenvalue weighted by Crippen LogP contribution is -2.12. The van der Waals surface area contributed by atoms with Crippen LogP contribution in [0.3, 0.4) is 0 Å². The third-order valence-corrected chi connectivity index (χ3v) is 4.74. The van der Waals surface area contributed by atoms with Crippen molar-refractivity contribution < 1.29 is 9.53 Å². The highest BCUT2D eigenvalue weighted by Crippen LogP contribution is 2.30. The summed E-state index contributed by atoms with van der Waals surface area (Å²) < 4.78 is 8.80. The summed E-state index contributed by atoms with van der Waals surface area (Å²) in [7, 11) is 4.04. The van der Waals surface area contributed by atoms with Gasteiger partial charge in [0.2, 0.25) is 5.91 Å². The number of amides is 1. The summed E-state index contributed by atoms with van der Waals surface area (Å²) in [5, 5.41) is 0. The van der Waals surface area contributed by atoms with Crippen LogP contribution in [0.5, 0.6) is 11.5 Å². The number of hydrogen-bond donors (Lipinski definition) is 1. The second-order valence-electron chi connectivity index (χ2n) is 5.55. The maximum Gasteiger partial charge on any atom is 0.226 e. The van der Waals surface area contributed by atoms with Crippen molar-refractivity contribution in [3.8, 4) is 11.5 Å². The Kier molecular flexibility index (Phi) is 7.02.